The summed E-state index contributed by atoms with van der Waals surface area (Å²) < 4.78 is 30.2. The van der Waals surface area contributed by atoms with Crippen LogP contribution in [-0.4, -0.2) is 72.7 Å². The van der Waals surface area contributed by atoms with E-state index in [1.807, 2.05) is 24.3 Å². The topological polar surface area (TPSA) is 96.9 Å². The number of aromatic nitrogens is 1. The Kier molecular flexibility index (Phi) is 7.38. The van der Waals surface area contributed by atoms with E-state index >= 15 is 0 Å². The van der Waals surface area contributed by atoms with Gasteiger partial charge >= 0.3 is 0 Å². The minimum absolute atomic E-state index is 0.0571. The van der Waals surface area contributed by atoms with Gasteiger partial charge in [-0.05, 0) is 30.7 Å². The lowest BCUT2D eigenvalue weighted by Crippen LogP contribution is -2.46. The molecule has 1 aliphatic rings. The smallest absolute Gasteiger partial charge is 0.291 e. The summed E-state index contributed by atoms with van der Waals surface area (Å²) in [6.45, 7) is 0.840. The maximum Gasteiger partial charge on any atom is 0.291 e. The van der Waals surface area contributed by atoms with Crippen LogP contribution < -0.4 is 4.74 Å². The number of rotatable bonds is 8. The van der Waals surface area contributed by atoms with Gasteiger partial charge in [-0.25, -0.2) is 18.4 Å². The molecule has 0 unspecified atom stereocenters. The van der Waals surface area contributed by atoms with E-state index in [0.717, 1.165) is 5.39 Å². The van der Waals surface area contributed by atoms with Crippen molar-refractivity contribution < 1.29 is 22.7 Å². The number of hydrazine groups is 1. The normalized spacial score (nSPS) is 13.9. The van der Waals surface area contributed by atoms with Crippen molar-refractivity contribution in [2.75, 3.05) is 37.5 Å². The first-order valence-corrected chi connectivity index (χ1v) is 13.6. The number of fused-ring (bicyclic) bond motifs is 1. The molecular formula is C24H25N3O5S2. The van der Waals surface area contributed by atoms with Crippen LogP contribution in [-0.2, 0) is 14.6 Å². The molecule has 0 spiro atoms. The number of benzene rings is 2. The van der Waals surface area contributed by atoms with Crippen molar-refractivity contribution >= 4 is 44.3 Å². The van der Waals surface area contributed by atoms with Gasteiger partial charge in [-0.15, -0.1) is 0 Å². The van der Waals surface area contributed by atoms with Crippen molar-refractivity contribution in [2.24, 2.45) is 0 Å². The second-order valence-corrected chi connectivity index (χ2v) is 10.9. The summed E-state index contributed by atoms with van der Waals surface area (Å²) in [6.07, 6.45) is 0.662. The predicted octanol–water partition coefficient (Wildman–Crippen LogP) is 3.04. The Bertz CT molecular complexity index is 1300. The second-order valence-electron chi connectivity index (χ2n) is 7.71. The summed E-state index contributed by atoms with van der Waals surface area (Å²) in [5, 5.41) is 3.66. The van der Waals surface area contributed by atoms with Gasteiger partial charge in [0.2, 0.25) is 0 Å². The summed E-state index contributed by atoms with van der Waals surface area (Å²) in [6, 6.07) is 17.2. The van der Waals surface area contributed by atoms with Crippen LogP contribution in [0.15, 0.2) is 65.6 Å². The molecule has 1 fully saturated rings. The van der Waals surface area contributed by atoms with Gasteiger partial charge in [0.1, 0.15) is 11.4 Å². The molecule has 10 heteroatoms. The molecular weight excluding hydrogens is 474 g/mol. The number of hydrogen-bond donors (Lipinski definition) is 0. The standard InChI is InChI=1S/C24H25N3O5S2/c1-32-22-16-21(25-20-11-6-5-10-19(20)22)24(29)27-13-7-12-26(27)23(28)17-33-14-15-34(30,31)18-8-3-2-4-9-18/h2-6,8-11,16H,7,12-15,17H2,1H3. The first-order chi connectivity index (χ1) is 16.4. The number of thioether (sulfide) groups is 1. The summed E-state index contributed by atoms with van der Waals surface area (Å²) >= 11 is 1.24. The molecule has 178 valence electrons. The SMILES string of the molecule is COc1cc(C(=O)N2CCCN2C(=O)CSCCS(=O)(=O)c2ccccc2)nc2ccccc12. The van der Waals surface area contributed by atoms with Crippen LogP contribution in [0, 0.1) is 0 Å². The van der Waals surface area contributed by atoms with E-state index in [4.69, 9.17) is 4.74 Å². The third-order valence-corrected chi connectivity index (χ3v) is 8.43. The average Bonchev–Trinajstić information content (AvgIpc) is 3.36. The molecule has 0 saturated carbocycles. The van der Waals surface area contributed by atoms with Gasteiger partial charge in [0, 0.05) is 30.3 Å². The van der Waals surface area contributed by atoms with Crippen LogP contribution in [0.25, 0.3) is 10.9 Å². The van der Waals surface area contributed by atoms with Gasteiger partial charge in [0.25, 0.3) is 11.8 Å². The zero-order valence-corrected chi connectivity index (χ0v) is 20.3. The quantitative estimate of drug-likeness (QED) is 0.440. The number of sulfone groups is 1. The molecule has 0 radical (unpaired) electrons. The first kappa shape index (κ1) is 24.0. The number of carbonyl (C=O) groups is 2. The number of nitrogens with zero attached hydrogens (tertiary/aromatic N) is 3. The van der Waals surface area contributed by atoms with Crippen LogP contribution in [0.3, 0.4) is 0 Å². The van der Waals surface area contributed by atoms with Gasteiger partial charge in [-0.1, -0.05) is 30.3 Å². The average molecular weight is 500 g/mol. The number of pyridine rings is 1. The largest absolute Gasteiger partial charge is 0.496 e. The molecule has 1 saturated heterocycles. The Labute approximate surface area is 202 Å². The highest BCUT2D eigenvalue weighted by Gasteiger charge is 2.32. The molecule has 3 aromatic rings. The minimum atomic E-state index is -3.39. The highest BCUT2D eigenvalue weighted by atomic mass is 32.2. The van der Waals surface area contributed by atoms with E-state index in [0.29, 0.717) is 30.8 Å². The lowest BCUT2D eigenvalue weighted by Gasteiger charge is -2.27. The summed E-state index contributed by atoms with van der Waals surface area (Å²) in [5.41, 5.74) is 0.842. The maximum absolute atomic E-state index is 13.2. The van der Waals surface area contributed by atoms with Crippen molar-refractivity contribution in [3.63, 3.8) is 0 Å². The lowest BCUT2D eigenvalue weighted by molar-refractivity contribution is -0.137. The number of carbonyl (C=O) groups excluding carboxylic acids is 2. The molecule has 4 rings (SSSR count). The van der Waals surface area contributed by atoms with Crippen molar-refractivity contribution in [3.05, 3.63) is 66.4 Å². The zero-order chi connectivity index (χ0) is 24.1. The van der Waals surface area contributed by atoms with Crippen molar-refractivity contribution in [1.82, 2.24) is 15.0 Å². The maximum atomic E-state index is 13.2. The first-order valence-electron chi connectivity index (χ1n) is 10.8. The molecule has 1 aliphatic heterocycles. The minimum Gasteiger partial charge on any atom is -0.496 e. The van der Waals surface area contributed by atoms with Crippen molar-refractivity contribution in [3.8, 4) is 5.75 Å². The number of hydrogen-bond acceptors (Lipinski definition) is 7. The van der Waals surface area contributed by atoms with Crippen LogP contribution >= 0.6 is 11.8 Å². The third kappa shape index (κ3) is 5.18. The number of ether oxygens (including phenoxy) is 1. The van der Waals surface area contributed by atoms with Crippen molar-refractivity contribution in [2.45, 2.75) is 11.3 Å². The van der Waals surface area contributed by atoms with Gasteiger partial charge in [0.05, 0.1) is 29.0 Å². The highest BCUT2D eigenvalue weighted by Crippen LogP contribution is 2.26. The molecule has 2 aromatic carbocycles. The molecule has 2 heterocycles. The molecule has 0 bridgehead atoms. The second kappa shape index (κ2) is 10.4. The van der Waals surface area contributed by atoms with E-state index in [1.54, 1.807) is 36.4 Å². The zero-order valence-electron chi connectivity index (χ0n) is 18.7. The molecule has 34 heavy (non-hydrogen) atoms. The van der Waals surface area contributed by atoms with Crippen molar-refractivity contribution in [1.29, 1.82) is 0 Å². The Hall–Kier alpha value is -3.11. The van der Waals surface area contributed by atoms with Gasteiger partial charge in [0.15, 0.2) is 9.84 Å². The highest BCUT2D eigenvalue weighted by molar-refractivity contribution is 8.01. The predicted molar refractivity (Wildman–Crippen MR) is 131 cm³/mol. The Morgan fingerprint density at radius 2 is 1.74 bits per heavy atom. The van der Waals surface area contributed by atoms with E-state index < -0.39 is 9.84 Å². The summed E-state index contributed by atoms with van der Waals surface area (Å²) in [5.74, 6) is 0.253. The third-order valence-electron chi connectivity index (χ3n) is 5.50. The fourth-order valence-electron chi connectivity index (χ4n) is 3.78. The molecule has 8 nitrogen and oxygen atoms in total. The van der Waals surface area contributed by atoms with E-state index in [-0.39, 0.29) is 39.7 Å². The molecule has 1 aromatic heterocycles. The van der Waals surface area contributed by atoms with Crippen LogP contribution in [0.5, 0.6) is 5.75 Å². The Morgan fingerprint density at radius 3 is 2.50 bits per heavy atom. The monoisotopic (exact) mass is 499 g/mol. The van der Waals surface area contributed by atoms with Crippen LogP contribution in [0.1, 0.15) is 16.9 Å². The Morgan fingerprint density at radius 1 is 1.03 bits per heavy atom. The van der Waals surface area contributed by atoms with Gasteiger partial charge < -0.3 is 4.74 Å². The van der Waals surface area contributed by atoms with Gasteiger partial charge in [-0.3, -0.25) is 14.6 Å². The summed E-state index contributed by atoms with van der Waals surface area (Å²) in [7, 11) is -1.85. The number of para-hydroxylation sites is 1. The molecule has 0 aliphatic carbocycles. The Balaban J connectivity index is 1.39. The van der Waals surface area contributed by atoms with E-state index in [2.05, 4.69) is 4.98 Å². The van der Waals surface area contributed by atoms with Gasteiger partial charge in [-0.2, -0.15) is 11.8 Å². The van der Waals surface area contributed by atoms with E-state index in [9.17, 15) is 18.0 Å². The van der Waals surface area contributed by atoms with Crippen LogP contribution in [0.4, 0.5) is 0 Å². The molecule has 2 amide bonds. The fraction of sp³-hybridized carbons (Fsp3) is 0.292. The lowest BCUT2D eigenvalue weighted by atomic mass is 10.1. The molecule has 0 atom stereocenters. The number of methoxy groups -OCH3 is 1. The van der Waals surface area contributed by atoms with E-state index in [1.165, 1.54) is 28.9 Å². The fourth-order valence-corrected chi connectivity index (χ4v) is 6.41. The van der Waals surface area contributed by atoms with Crippen LogP contribution in [0.2, 0.25) is 0 Å². The molecule has 0 N–H and O–H groups in total. The summed E-state index contributed by atoms with van der Waals surface area (Å²) in [4.78, 5) is 30.8. The number of amides is 2.